The summed E-state index contributed by atoms with van der Waals surface area (Å²) in [5.41, 5.74) is 0. The van der Waals surface area contributed by atoms with Crippen molar-refractivity contribution in [3.8, 4) is 71.0 Å². The molecule has 0 aromatic rings. The number of esters is 2. The fraction of sp³-hybridized carbons (Fsp3) is 0.641. The maximum absolute atomic E-state index is 13.0. The molecule has 4 unspecified atom stereocenters. The van der Waals surface area contributed by atoms with Crippen LogP contribution in [0.5, 0.6) is 0 Å². The van der Waals surface area contributed by atoms with Gasteiger partial charge < -0.3 is 49.3 Å². The predicted octanol–water partition coefficient (Wildman–Crippen LogP) is 5.34. The van der Waals surface area contributed by atoms with Gasteiger partial charge in [0.15, 0.2) is 6.10 Å². The summed E-state index contributed by atoms with van der Waals surface area (Å²) in [7, 11) is -16.7. The monoisotopic (exact) mass is 974 g/mol. The van der Waals surface area contributed by atoms with Crippen molar-refractivity contribution in [3.05, 3.63) is 0 Å². The summed E-state index contributed by atoms with van der Waals surface area (Å²) in [5.74, 6) is 26.3. The second-order valence-corrected chi connectivity index (χ2v) is 17.0. The lowest BCUT2D eigenvalue weighted by molar-refractivity contribution is -0.213. The Morgan fingerprint density at radius 2 is 1.00 bits per heavy atom. The molecular weight excluding hydrogens is 897 g/mol. The number of ether oxygens (including phenoxy) is 2. The molecule has 1 rings (SSSR count). The van der Waals surface area contributed by atoms with E-state index < -0.39 is 91.3 Å². The van der Waals surface area contributed by atoms with E-state index in [0.29, 0.717) is 12.8 Å². The Kier molecular flexibility index (Phi) is 30.9. The number of carbonyl (C=O) groups is 2. The van der Waals surface area contributed by atoms with Crippen LogP contribution in [-0.4, -0.2) is 108 Å². The first kappa shape index (κ1) is 58.9. The second kappa shape index (κ2) is 32.5. The van der Waals surface area contributed by atoms with Gasteiger partial charge in [0.05, 0.1) is 6.61 Å². The number of carbonyl (C=O) groups excluding carboxylic acids is 2. The van der Waals surface area contributed by atoms with Gasteiger partial charge in [0, 0.05) is 28.0 Å². The number of aliphatic hydroxyl groups excluding tert-OH is 3. The number of phosphoric ester groups is 3. The lowest BCUT2D eigenvalue weighted by atomic mass is 9.85. The van der Waals surface area contributed by atoms with Gasteiger partial charge in [0.2, 0.25) is 0 Å². The largest absolute Gasteiger partial charge is 0.472 e. The first-order chi connectivity index (χ1) is 28.8. The third kappa shape index (κ3) is 28.5. The molecular formula is C39H77O19P3S. The highest BCUT2D eigenvalue weighted by molar-refractivity contribution is 7.59. The highest BCUT2D eigenvalue weighted by Gasteiger charge is 2.56. The molecule has 0 aliphatic heterocycles. The van der Waals surface area contributed by atoms with E-state index in [2.05, 4.69) is 81.1 Å². The molecule has 0 radical (unpaired) electrons. The van der Waals surface area contributed by atoms with Gasteiger partial charge in [-0.15, -0.1) is 0 Å². The molecule has 0 spiro atoms. The van der Waals surface area contributed by atoms with E-state index in [9.17, 15) is 63.1 Å². The SMILES string of the molecule is CC#CC#CC#CC#CC#CC#CC(=O)OC[C@H](COP(=O)(O)OC1C(O)[C@@H](OP(=O)(O)O)C(OP(=O)(O)O)[C@@H](O)[C@H]1O)OC(=O)CCCCCCCCCCCCCCC.S.[HH].[HH].[HH].[HH].[HH].[HH].[HH].[HH].[HH].[HH].[HH]. The van der Waals surface area contributed by atoms with Gasteiger partial charge >= 0.3 is 35.4 Å². The van der Waals surface area contributed by atoms with Crippen LogP contribution < -0.4 is 0 Å². The van der Waals surface area contributed by atoms with Crippen molar-refractivity contribution in [2.75, 3.05) is 13.2 Å². The average molecular weight is 975 g/mol. The zero-order valence-electron chi connectivity index (χ0n) is 34.3. The topological polar surface area (TPSA) is 303 Å². The molecule has 8 atom stereocenters. The molecule has 62 heavy (non-hydrogen) atoms. The maximum atomic E-state index is 13.0. The molecule has 19 nitrogen and oxygen atoms in total. The number of unbranched alkanes of at least 4 members (excludes halogenated alkanes) is 12. The molecule has 0 aromatic carbocycles. The van der Waals surface area contributed by atoms with Crippen LogP contribution in [0.15, 0.2) is 0 Å². The van der Waals surface area contributed by atoms with Gasteiger partial charge in [-0.1, -0.05) is 89.9 Å². The number of phosphoric acid groups is 3. The molecule has 1 fully saturated rings. The van der Waals surface area contributed by atoms with Crippen LogP contribution >= 0.6 is 37.0 Å². The van der Waals surface area contributed by atoms with E-state index in [-0.39, 0.29) is 35.6 Å². The van der Waals surface area contributed by atoms with Gasteiger partial charge in [-0.3, -0.25) is 22.9 Å². The highest BCUT2D eigenvalue weighted by atomic mass is 32.1. The zero-order valence-corrected chi connectivity index (χ0v) is 37.9. The van der Waals surface area contributed by atoms with Crippen molar-refractivity contribution < 1.29 is 106 Å². The van der Waals surface area contributed by atoms with Crippen LogP contribution in [0, 0.1) is 71.0 Å². The molecule has 0 saturated heterocycles. The number of rotatable bonds is 26. The molecule has 0 heterocycles. The Bertz CT molecular complexity index is 1980. The second-order valence-electron chi connectivity index (χ2n) is 13.3. The molecule has 368 valence electrons. The molecule has 1 saturated carbocycles. The Morgan fingerprint density at radius 1 is 0.581 bits per heavy atom. The van der Waals surface area contributed by atoms with Crippen LogP contribution in [0.3, 0.4) is 0 Å². The van der Waals surface area contributed by atoms with Gasteiger partial charge in [-0.05, 0) is 72.5 Å². The summed E-state index contributed by atoms with van der Waals surface area (Å²) in [4.78, 5) is 72.3. The number of hydrogen-bond acceptors (Lipinski definition) is 14. The van der Waals surface area contributed by atoms with Crippen LogP contribution in [0.1, 0.15) is 119 Å². The van der Waals surface area contributed by atoms with Crippen LogP contribution in [0.25, 0.3) is 0 Å². The van der Waals surface area contributed by atoms with Crippen molar-refractivity contribution in [2.24, 2.45) is 0 Å². The Labute approximate surface area is 385 Å². The van der Waals surface area contributed by atoms with Crippen molar-refractivity contribution in [1.82, 2.24) is 0 Å². The fourth-order valence-electron chi connectivity index (χ4n) is 5.46. The maximum Gasteiger partial charge on any atom is 0.472 e. The summed E-state index contributed by atoms with van der Waals surface area (Å²) in [6, 6.07) is 0. The average Bonchev–Trinajstić information content (AvgIpc) is 3.18. The van der Waals surface area contributed by atoms with Gasteiger partial charge in [-0.25, -0.2) is 18.5 Å². The molecule has 23 heteroatoms. The molecule has 0 aromatic heterocycles. The van der Waals surface area contributed by atoms with E-state index in [1.165, 1.54) is 44.9 Å². The van der Waals surface area contributed by atoms with Crippen molar-refractivity contribution in [2.45, 2.75) is 146 Å². The summed E-state index contributed by atoms with van der Waals surface area (Å²) < 4.78 is 64.5. The van der Waals surface area contributed by atoms with E-state index in [4.69, 9.17) is 18.5 Å². The first-order valence-electron chi connectivity index (χ1n) is 19.3. The summed E-state index contributed by atoms with van der Waals surface area (Å²) in [5, 5.41) is 31.7. The molecule has 0 amide bonds. The van der Waals surface area contributed by atoms with Crippen molar-refractivity contribution in [3.63, 3.8) is 0 Å². The minimum Gasteiger partial charge on any atom is -0.456 e. The Hall–Kier alpha value is -3.14. The third-order valence-corrected chi connectivity index (χ3v) is 10.3. The fourth-order valence-corrected chi connectivity index (χ4v) is 7.56. The van der Waals surface area contributed by atoms with Crippen LogP contribution in [0.4, 0.5) is 0 Å². The first-order valence-corrected chi connectivity index (χ1v) is 23.8. The number of hydrogen-bond donors (Lipinski definition) is 8. The van der Waals surface area contributed by atoms with E-state index in [0.717, 1.165) is 25.7 Å². The van der Waals surface area contributed by atoms with Gasteiger partial charge in [0.1, 0.15) is 43.2 Å². The summed E-state index contributed by atoms with van der Waals surface area (Å²) in [6.45, 7) is 1.99. The molecule has 0 bridgehead atoms. The van der Waals surface area contributed by atoms with E-state index >= 15 is 0 Å². The lowest BCUT2D eigenvalue weighted by Gasteiger charge is -2.44. The van der Waals surface area contributed by atoms with E-state index in [1.54, 1.807) is 6.92 Å². The predicted molar refractivity (Wildman–Crippen MR) is 250 cm³/mol. The summed E-state index contributed by atoms with van der Waals surface area (Å²) in [6.07, 6.45) is -2.99. The quantitative estimate of drug-likeness (QED) is 0.0178. The molecule has 8 N–H and O–H groups in total. The van der Waals surface area contributed by atoms with E-state index in [1.807, 2.05) is 5.92 Å². The third-order valence-electron chi connectivity index (χ3n) is 8.25. The van der Waals surface area contributed by atoms with Crippen molar-refractivity contribution in [1.29, 1.82) is 0 Å². The summed E-state index contributed by atoms with van der Waals surface area (Å²) >= 11 is 0. The Balaban J connectivity index is -0.000000310. The minimum absolute atomic E-state index is 0. The van der Waals surface area contributed by atoms with Crippen LogP contribution in [0.2, 0.25) is 0 Å². The Morgan fingerprint density at radius 3 is 1.47 bits per heavy atom. The smallest absolute Gasteiger partial charge is 0.456 e. The lowest BCUT2D eigenvalue weighted by Crippen LogP contribution is -2.65. The number of aliphatic hydroxyl groups is 3. The minimum atomic E-state index is -5.63. The van der Waals surface area contributed by atoms with Gasteiger partial charge in [-0.2, -0.15) is 13.5 Å². The normalized spacial score (nSPS) is 20.5. The van der Waals surface area contributed by atoms with Crippen LogP contribution in [-0.2, 0) is 50.9 Å². The van der Waals surface area contributed by atoms with Gasteiger partial charge in [0.25, 0.3) is 0 Å². The molecule has 1 aliphatic rings. The highest BCUT2D eigenvalue weighted by Crippen LogP contribution is 2.51. The standard InChI is InChI=1S/C39H53O19P3.H2S.11H2/c1-3-5-7-9-11-13-15-16-18-20-22-24-26-28-33(41)55-31(29-53-32(40)27-25-23-21-19-17-14-12-10-8-6-4-2)30-54-61(51,52)58-37-34(42)35(43)38(56-59(45,46)47)39(36(37)44)57-60(48,49)50;;;;;;;;;;;;/h31,34-39,42-44H,3,5,7,9,11,13,15-16,18,20,22,24,26,28-30H2,1-2H3,(H,51,52)(H2,45,46,47)(H2,48,49,50);1H2;11*1H/t31-,34-,35+,36?,37?,38?,39-;;;;;;;;;;;;/m1............/s1. The molecule has 1 aliphatic carbocycles. The zero-order chi connectivity index (χ0) is 45.7. The van der Waals surface area contributed by atoms with Crippen molar-refractivity contribution >= 4 is 48.9 Å².